The van der Waals surface area contributed by atoms with E-state index in [1.165, 1.54) is 13.4 Å². The lowest BCUT2D eigenvalue weighted by Crippen LogP contribution is -2.07. The van der Waals surface area contributed by atoms with E-state index in [1.807, 2.05) is 19.1 Å². The number of carbonyl (C=O) groups is 1. The minimum atomic E-state index is -0.412. The number of allylic oxidation sites excluding steroid dienone is 1. The van der Waals surface area contributed by atoms with Crippen LogP contribution in [0.2, 0.25) is 0 Å². The number of nitrogens with zero attached hydrogens (tertiary/aromatic N) is 2. The molecule has 7 nitrogen and oxygen atoms in total. The maximum atomic E-state index is 15.0. The monoisotopic (exact) mass is 452 g/mol. The largest absolute Gasteiger partial charge is 0.493 e. The third kappa shape index (κ3) is 4.89. The second kappa shape index (κ2) is 9.85. The topological polar surface area (TPSA) is 79.8 Å². The lowest BCUT2D eigenvalue weighted by Gasteiger charge is -2.14. The summed E-state index contributed by atoms with van der Waals surface area (Å²) in [5, 5.41) is 0.555. The van der Waals surface area contributed by atoms with Crippen molar-refractivity contribution in [2.75, 3.05) is 20.3 Å². The number of ether oxygens (including phenoxy) is 4. The molecule has 2 aromatic carbocycles. The summed E-state index contributed by atoms with van der Waals surface area (Å²) in [6.45, 7) is 4.40. The maximum Gasteiger partial charge on any atom is 0.305 e. The van der Waals surface area contributed by atoms with Crippen molar-refractivity contribution in [1.29, 1.82) is 0 Å². The lowest BCUT2D eigenvalue weighted by molar-refractivity contribution is -0.143. The minimum absolute atomic E-state index is 0.0953. The quantitative estimate of drug-likeness (QED) is 0.324. The Balaban J connectivity index is 1.56. The summed E-state index contributed by atoms with van der Waals surface area (Å²) in [6, 6.07) is 6.89. The van der Waals surface area contributed by atoms with Crippen LogP contribution in [0.3, 0.4) is 0 Å². The number of rotatable bonds is 9. The van der Waals surface area contributed by atoms with Crippen molar-refractivity contribution in [3.05, 3.63) is 53.1 Å². The number of fused-ring (bicyclic) bond motifs is 2. The Morgan fingerprint density at radius 1 is 1.15 bits per heavy atom. The van der Waals surface area contributed by atoms with E-state index in [9.17, 15) is 4.79 Å². The van der Waals surface area contributed by atoms with E-state index in [4.69, 9.17) is 18.9 Å². The molecule has 172 valence electrons. The van der Waals surface area contributed by atoms with Gasteiger partial charge in [0.25, 0.3) is 0 Å². The number of esters is 1. The highest BCUT2D eigenvalue weighted by molar-refractivity contribution is 5.87. The van der Waals surface area contributed by atoms with E-state index in [1.54, 1.807) is 25.1 Å². The van der Waals surface area contributed by atoms with Crippen molar-refractivity contribution in [2.45, 2.75) is 33.1 Å². The van der Waals surface area contributed by atoms with Crippen LogP contribution in [0, 0.1) is 5.82 Å². The standard InChI is InChI=1S/C25H25FN2O5/c1-4-31-23(29)6-5-9-32-22-13-19-18(12-21(22)30-3)25(28-14-27-19)33-20-8-7-16-10-15(2)11-17(16)24(20)26/h7-8,11-14H,4-6,9-10H2,1-3H3. The molecule has 0 aliphatic heterocycles. The number of methoxy groups -OCH3 is 1. The highest BCUT2D eigenvalue weighted by atomic mass is 19.1. The minimum Gasteiger partial charge on any atom is -0.493 e. The predicted octanol–water partition coefficient (Wildman–Crippen LogP) is 5.25. The third-order valence-electron chi connectivity index (χ3n) is 5.27. The van der Waals surface area contributed by atoms with Gasteiger partial charge >= 0.3 is 5.97 Å². The zero-order valence-corrected chi connectivity index (χ0v) is 18.8. The molecule has 0 saturated carbocycles. The normalized spacial score (nSPS) is 12.3. The fraction of sp³-hybridized carbons (Fsp3) is 0.320. The van der Waals surface area contributed by atoms with E-state index in [-0.39, 0.29) is 24.0 Å². The van der Waals surface area contributed by atoms with Gasteiger partial charge in [-0.05, 0) is 44.4 Å². The molecule has 33 heavy (non-hydrogen) atoms. The number of hydrogen-bond acceptors (Lipinski definition) is 7. The fourth-order valence-electron chi connectivity index (χ4n) is 3.73. The van der Waals surface area contributed by atoms with E-state index in [0.717, 1.165) is 17.6 Å². The molecule has 0 unspecified atom stereocenters. The van der Waals surface area contributed by atoms with Gasteiger partial charge in [-0.3, -0.25) is 4.79 Å². The van der Waals surface area contributed by atoms with Crippen LogP contribution in [0.4, 0.5) is 4.39 Å². The summed E-state index contributed by atoms with van der Waals surface area (Å²) in [6.07, 6.45) is 4.70. The van der Waals surface area contributed by atoms with Gasteiger partial charge in [0.2, 0.25) is 5.88 Å². The van der Waals surface area contributed by atoms with E-state index >= 15 is 4.39 Å². The predicted molar refractivity (Wildman–Crippen MR) is 121 cm³/mol. The number of aromatic nitrogens is 2. The van der Waals surface area contributed by atoms with Crippen LogP contribution in [0.25, 0.3) is 17.0 Å². The first-order valence-electron chi connectivity index (χ1n) is 10.8. The SMILES string of the molecule is CCOC(=O)CCCOc1cc2ncnc(Oc3ccc4c(c3F)C=C(C)C4)c2cc1OC. The Morgan fingerprint density at radius 2 is 2.00 bits per heavy atom. The molecule has 0 N–H and O–H groups in total. The Bertz CT molecular complexity index is 1230. The molecule has 4 rings (SSSR count). The Morgan fingerprint density at radius 3 is 2.79 bits per heavy atom. The van der Waals surface area contributed by atoms with Gasteiger partial charge in [0.1, 0.15) is 6.33 Å². The molecule has 1 heterocycles. The zero-order chi connectivity index (χ0) is 23.4. The molecule has 0 fully saturated rings. The summed E-state index contributed by atoms with van der Waals surface area (Å²) in [4.78, 5) is 20.0. The molecule has 0 radical (unpaired) electrons. The first-order valence-corrected chi connectivity index (χ1v) is 10.8. The Hall–Kier alpha value is -3.68. The van der Waals surface area contributed by atoms with Gasteiger partial charge in [0, 0.05) is 18.1 Å². The van der Waals surface area contributed by atoms with Crippen molar-refractivity contribution >= 4 is 22.9 Å². The van der Waals surface area contributed by atoms with Gasteiger partial charge in [-0.1, -0.05) is 17.7 Å². The van der Waals surface area contributed by atoms with Gasteiger partial charge < -0.3 is 18.9 Å². The maximum absolute atomic E-state index is 15.0. The second-order valence-corrected chi connectivity index (χ2v) is 7.68. The molecule has 0 spiro atoms. The van der Waals surface area contributed by atoms with E-state index in [2.05, 4.69) is 9.97 Å². The average molecular weight is 452 g/mol. The lowest BCUT2D eigenvalue weighted by atomic mass is 10.1. The van der Waals surface area contributed by atoms with Crippen molar-refractivity contribution in [2.24, 2.45) is 0 Å². The molecular weight excluding hydrogens is 427 g/mol. The van der Waals surface area contributed by atoms with Crippen molar-refractivity contribution in [3.8, 4) is 23.1 Å². The number of halogens is 1. The molecule has 0 saturated heterocycles. The van der Waals surface area contributed by atoms with Crippen LogP contribution in [0.15, 0.2) is 36.2 Å². The molecule has 1 aliphatic carbocycles. The van der Waals surface area contributed by atoms with E-state index < -0.39 is 5.82 Å². The van der Waals surface area contributed by atoms with Crippen LogP contribution in [0.1, 0.15) is 37.8 Å². The first kappa shape index (κ1) is 22.5. The molecule has 0 bridgehead atoms. The molecule has 0 atom stereocenters. The first-order chi connectivity index (χ1) is 16.0. The van der Waals surface area contributed by atoms with Gasteiger partial charge in [-0.2, -0.15) is 0 Å². The highest BCUT2D eigenvalue weighted by Crippen LogP contribution is 2.38. The van der Waals surface area contributed by atoms with Crippen LogP contribution >= 0.6 is 0 Å². The summed E-state index contributed by atoms with van der Waals surface area (Å²) in [7, 11) is 1.52. The molecule has 8 heteroatoms. The fourth-order valence-corrected chi connectivity index (χ4v) is 3.73. The van der Waals surface area contributed by atoms with Crippen LogP contribution < -0.4 is 14.2 Å². The van der Waals surface area contributed by atoms with Crippen molar-refractivity contribution in [1.82, 2.24) is 9.97 Å². The molecule has 0 amide bonds. The summed E-state index contributed by atoms with van der Waals surface area (Å²) in [5.74, 6) is 0.562. The summed E-state index contributed by atoms with van der Waals surface area (Å²) >= 11 is 0. The molecule has 3 aromatic rings. The molecule has 1 aliphatic rings. The van der Waals surface area contributed by atoms with Crippen LogP contribution in [-0.2, 0) is 16.0 Å². The van der Waals surface area contributed by atoms with Crippen molar-refractivity contribution < 1.29 is 28.1 Å². The van der Waals surface area contributed by atoms with E-state index in [0.29, 0.717) is 47.6 Å². The van der Waals surface area contributed by atoms with Crippen molar-refractivity contribution in [3.63, 3.8) is 0 Å². The number of carbonyl (C=O) groups excluding carboxylic acids is 1. The zero-order valence-electron chi connectivity index (χ0n) is 18.8. The van der Waals surface area contributed by atoms with Crippen LogP contribution in [0.5, 0.6) is 23.1 Å². The second-order valence-electron chi connectivity index (χ2n) is 7.68. The molecule has 1 aromatic heterocycles. The van der Waals surface area contributed by atoms with Gasteiger partial charge in [-0.25, -0.2) is 14.4 Å². The molecular formula is C25H25FN2O5. The van der Waals surface area contributed by atoms with Gasteiger partial charge in [0.05, 0.1) is 31.2 Å². The third-order valence-corrected chi connectivity index (χ3v) is 5.27. The van der Waals surface area contributed by atoms with Crippen LogP contribution in [-0.4, -0.2) is 36.3 Å². The number of hydrogen-bond donors (Lipinski definition) is 0. The van der Waals surface area contributed by atoms with Gasteiger partial charge in [-0.15, -0.1) is 0 Å². The Labute approximate surface area is 191 Å². The highest BCUT2D eigenvalue weighted by Gasteiger charge is 2.20. The van der Waals surface area contributed by atoms with Gasteiger partial charge in [0.15, 0.2) is 23.1 Å². The number of benzene rings is 2. The average Bonchev–Trinajstić information content (AvgIpc) is 3.19. The smallest absolute Gasteiger partial charge is 0.305 e. The summed E-state index contributed by atoms with van der Waals surface area (Å²) < 4.78 is 37.1. The Kier molecular flexibility index (Phi) is 6.72. The summed E-state index contributed by atoms with van der Waals surface area (Å²) in [5.41, 5.74) is 3.15.